The summed E-state index contributed by atoms with van der Waals surface area (Å²) in [6.45, 7) is 6.16. The van der Waals surface area contributed by atoms with Gasteiger partial charge in [0.05, 0.1) is 11.0 Å². The number of nitro benzene ring substituents is 1. The van der Waals surface area contributed by atoms with E-state index in [1.165, 1.54) is 31.2 Å². The van der Waals surface area contributed by atoms with Crippen LogP contribution in [0.15, 0.2) is 29.3 Å². The van der Waals surface area contributed by atoms with E-state index in [1.54, 1.807) is 20.8 Å². The van der Waals surface area contributed by atoms with Crippen molar-refractivity contribution in [2.24, 2.45) is 16.3 Å². The molecule has 0 fully saturated rings. The summed E-state index contributed by atoms with van der Waals surface area (Å²) < 4.78 is 0. The zero-order chi connectivity index (χ0) is 19.8. The number of carbonyl (C=O) groups is 3. The average Bonchev–Trinajstić information content (AvgIpc) is 2.52. The van der Waals surface area contributed by atoms with Gasteiger partial charge in [-0.05, 0) is 12.5 Å². The molecule has 1 heterocycles. The van der Waals surface area contributed by atoms with Crippen LogP contribution < -0.4 is 0 Å². The molecule has 9 nitrogen and oxygen atoms in total. The lowest BCUT2D eigenvalue weighted by Gasteiger charge is -2.39. The molecule has 0 saturated carbocycles. The summed E-state index contributed by atoms with van der Waals surface area (Å²) in [6, 6.07) is 3.18. The monoisotopic (exact) mass is 361 g/mol. The molecule has 0 spiro atoms. The molecule has 1 aliphatic rings. The van der Waals surface area contributed by atoms with E-state index in [0.717, 1.165) is 4.90 Å². The van der Waals surface area contributed by atoms with Crippen LogP contribution in [0.4, 0.5) is 10.5 Å². The number of carboxylic acids is 1. The lowest BCUT2D eigenvalue weighted by molar-refractivity contribution is -0.385. The Hall–Kier alpha value is -3.10. The Balaban J connectivity index is 2.71. The predicted molar refractivity (Wildman–Crippen MR) is 91.8 cm³/mol. The standard InChI is InChI=1S/C17H19N3O6/c1-9-12(14(21)22)13(10-6-5-7-11(8-10)20(25)26)19(16(24)18-9)15(23)17(2,3)4/h5-8,12-13H,1-4H3,(H,21,22). The second-order valence-electron chi connectivity index (χ2n) is 7.07. The highest BCUT2D eigenvalue weighted by Gasteiger charge is 2.47. The van der Waals surface area contributed by atoms with Gasteiger partial charge in [0.2, 0.25) is 5.91 Å². The van der Waals surface area contributed by atoms with Crippen molar-refractivity contribution in [3.63, 3.8) is 0 Å². The van der Waals surface area contributed by atoms with Crippen LogP contribution in [0.3, 0.4) is 0 Å². The summed E-state index contributed by atoms with van der Waals surface area (Å²) in [6.07, 6.45) is 0. The first-order valence-corrected chi connectivity index (χ1v) is 7.85. The molecule has 2 atom stereocenters. The first-order chi connectivity index (χ1) is 11.9. The molecule has 2 unspecified atom stereocenters. The summed E-state index contributed by atoms with van der Waals surface area (Å²) in [5.41, 5.74) is -1.01. The maximum atomic E-state index is 12.8. The Bertz CT molecular complexity index is 824. The van der Waals surface area contributed by atoms with Gasteiger partial charge in [-0.1, -0.05) is 32.9 Å². The fourth-order valence-electron chi connectivity index (χ4n) is 2.82. The quantitative estimate of drug-likeness (QED) is 0.650. The molecule has 1 N–H and O–H groups in total. The third-order valence-corrected chi connectivity index (χ3v) is 4.07. The number of carbonyl (C=O) groups excluding carboxylic acids is 2. The van der Waals surface area contributed by atoms with Gasteiger partial charge in [0.1, 0.15) is 5.92 Å². The molecule has 1 aromatic rings. The van der Waals surface area contributed by atoms with Crippen LogP contribution in [0.2, 0.25) is 0 Å². The number of non-ortho nitro benzene ring substituents is 1. The molecule has 0 bridgehead atoms. The van der Waals surface area contributed by atoms with Gasteiger partial charge in [-0.15, -0.1) is 0 Å². The summed E-state index contributed by atoms with van der Waals surface area (Å²) in [5.74, 6) is -3.18. The normalized spacial score (nSPS) is 20.5. The van der Waals surface area contributed by atoms with Crippen molar-refractivity contribution in [1.82, 2.24) is 4.90 Å². The third kappa shape index (κ3) is 3.46. The topological polar surface area (TPSA) is 130 Å². The Kier molecular flexibility index (Phi) is 4.93. The number of amides is 3. The number of hydrogen-bond donors (Lipinski definition) is 1. The molecule has 9 heteroatoms. The second-order valence-corrected chi connectivity index (χ2v) is 7.07. The fraction of sp³-hybridized carbons (Fsp3) is 0.412. The van der Waals surface area contributed by atoms with E-state index >= 15 is 0 Å². The zero-order valence-electron chi connectivity index (χ0n) is 14.8. The number of nitro groups is 1. The minimum absolute atomic E-state index is 0.0389. The highest BCUT2D eigenvalue weighted by Crippen LogP contribution is 2.38. The number of hydrogen-bond acceptors (Lipinski definition) is 5. The van der Waals surface area contributed by atoms with Crippen molar-refractivity contribution < 1.29 is 24.4 Å². The number of nitrogens with zero attached hydrogens (tertiary/aromatic N) is 3. The van der Waals surface area contributed by atoms with Crippen LogP contribution in [0.25, 0.3) is 0 Å². The van der Waals surface area contributed by atoms with Gasteiger partial charge < -0.3 is 5.11 Å². The maximum absolute atomic E-state index is 12.8. The smallest absolute Gasteiger partial charge is 0.350 e. The van der Waals surface area contributed by atoms with E-state index in [4.69, 9.17) is 0 Å². The fourth-order valence-corrected chi connectivity index (χ4v) is 2.82. The van der Waals surface area contributed by atoms with Crippen molar-refractivity contribution in [3.8, 4) is 0 Å². The van der Waals surface area contributed by atoms with E-state index in [0.29, 0.717) is 0 Å². The van der Waals surface area contributed by atoms with Gasteiger partial charge in [-0.2, -0.15) is 0 Å². The van der Waals surface area contributed by atoms with Gasteiger partial charge in [-0.3, -0.25) is 24.6 Å². The molecule has 3 amide bonds. The van der Waals surface area contributed by atoms with E-state index in [-0.39, 0.29) is 17.0 Å². The molecule has 0 aliphatic carbocycles. The molecule has 1 aromatic carbocycles. The largest absolute Gasteiger partial charge is 0.481 e. The van der Waals surface area contributed by atoms with E-state index in [9.17, 15) is 29.6 Å². The predicted octanol–water partition coefficient (Wildman–Crippen LogP) is 2.81. The van der Waals surface area contributed by atoms with Gasteiger partial charge in [0.15, 0.2) is 0 Å². The van der Waals surface area contributed by atoms with Crippen molar-refractivity contribution in [2.45, 2.75) is 33.7 Å². The van der Waals surface area contributed by atoms with E-state index in [2.05, 4.69) is 4.99 Å². The van der Waals surface area contributed by atoms with Crippen LogP contribution >= 0.6 is 0 Å². The molecule has 0 radical (unpaired) electrons. The highest BCUT2D eigenvalue weighted by molar-refractivity contribution is 6.11. The minimum atomic E-state index is -1.29. The van der Waals surface area contributed by atoms with Gasteiger partial charge in [-0.25, -0.2) is 9.79 Å². The Morgan fingerprint density at radius 3 is 2.42 bits per heavy atom. The van der Waals surface area contributed by atoms with Crippen molar-refractivity contribution in [3.05, 3.63) is 39.9 Å². The summed E-state index contributed by atoms with van der Waals surface area (Å²) >= 11 is 0. The lowest BCUT2D eigenvalue weighted by atomic mass is 9.84. The third-order valence-electron chi connectivity index (χ3n) is 4.07. The molecule has 138 valence electrons. The zero-order valence-corrected chi connectivity index (χ0v) is 14.8. The maximum Gasteiger partial charge on any atom is 0.350 e. The van der Waals surface area contributed by atoms with Crippen LogP contribution in [0, 0.1) is 21.4 Å². The number of urea groups is 1. The Labute approximate surface area is 149 Å². The summed E-state index contributed by atoms with van der Waals surface area (Å²) in [5, 5.41) is 20.7. The average molecular weight is 361 g/mol. The van der Waals surface area contributed by atoms with Crippen LogP contribution in [-0.2, 0) is 9.59 Å². The van der Waals surface area contributed by atoms with Gasteiger partial charge >= 0.3 is 12.0 Å². The van der Waals surface area contributed by atoms with Crippen molar-refractivity contribution in [2.75, 3.05) is 0 Å². The number of imide groups is 1. The van der Waals surface area contributed by atoms with Crippen molar-refractivity contribution in [1.29, 1.82) is 0 Å². The molecule has 1 aliphatic heterocycles. The lowest BCUT2D eigenvalue weighted by Crippen LogP contribution is -2.52. The highest BCUT2D eigenvalue weighted by atomic mass is 16.6. The van der Waals surface area contributed by atoms with Gasteiger partial charge in [0, 0.05) is 23.3 Å². The number of aliphatic carboxylic acids is 1. The van der Waals surface area contributed by atoms with Gasteiger partial charge in [0.25, 0.3) is 5.69 Å². The van der Waals surface area contributed by atoms with Crippen LogP contribution in [-0.4, -0.2) is 38.5 Å². The number of benzene rings is 1. The number of aliphatic imine (C=N–C) groups is 1. The number of rotatable bonds is 3. The van der Waals surface area contributed by atoms with E-state index in [1.807, 2.05) is 0 Å². The second kappa shape index (κ2) is 6.66. The van der Waals surface area contributed by atoms with E-state index < -0.39 is 40.2 Å². The Morgan fingerprint density at radius 1 is 1.31 bits per heavy atom. The first kappa shape index (κ1) is 19.2. The minimum Gasteiger partial charge on any atom is -0.481 e. The molecular weight excluding hydrogens is 342 g/mol. The van der Waals surface area contributed by atoms with Crippen LogP contribution in [0.1, 0.15) is 39.3 Å². The SMILES string of the molecule is CC1=NC(=O)N(C(=O)C(C)(C)C)C(c2cccc([N+](=O)[O-])c2)C1C(=O)O. The summed E-state index contributed by atoms with van der Waals surface area (Å²) in [4.78, 5) is 52.0. The van der Waals surface area contributed by atoms with Crippen molar-refractivity contribution >= 4 is 29.3 Å². The first-order valence-electron chi connectivity index (χ1n) is 7.85. The molecule has 2 rings (SSSR count). The molecule has 26 heavy (non-hydrogen) atoms. The molecule has 0 aromatic heterocycles. The molecule has 0 saturated heterocycles. The molecular formula is C17H19N3O6. The van der Waals surface area contributed by atoms with Crippen LogP contribution in [0.5, 0.6) is 0 Å². The summed E-state index contributed by atoms with van der Waals surface area (Å²) in [7, 11) is 0. The Morgan fingerprint density at radius 2 is 1.92 bits per heavy atom. The number of carboxylic acid groups (broad SMARTS) is 1.